The van der Waals surface area contributed by atoms with Gasteiger partial charge in [-0.2, -0.15) is 0 Å². The van der Waals surface area contributed by atoms with Crippen molar-refractivity contribution in [2.75, 3.05) is 0 Å². The van der Waals surface area contributed by atoms with Crippen LogP contribution in [-0.2, 0) is 6.42 Å². The summed E-state index contributed by atoms with van der Waals surface area (Å²) in [6.07, 6.45) is 13.4. The Morgan fingerprint density at radius 1 is 0.800 bits per heavy atom. The van der Waals surface area contributed by atoms with Gasteiger partial charge in [-0.3, -0.25) is 0 Å². The number of ether oxygens (including phenoxy) is 1. The first-order valence-electron chi connectivity index (χ1n) is 12.3. The normalized spacial score (nSPS) is 27.7. The molecular weight excluding hydrogens is 385 g/mol. The number of rotatable bonds is 9. The maximum atomic E-state index is 12.6. The molecule has 0 unspecified atom stereocenters. The van der Waals surface area contributed by atoms with Gasteiger partial charge in [0.15, 0.2) is 0 Å². The van der Waals surface area contributed by atoms with Gasteiger partial charge in [-0.05, 0) is 73.8 Å². The second-order valence-corrected chi connectivity index (χ2v) is 9.75. The topological polar surface area (TPSA) is 9.23 Å². The molecule has 1 aromatic carbocycles. The summed E-state index contributed by atoms with van der Waals surface area (Å²) in [5, 5.41) is 0. The first-order chi connectivity index (χ1) is 14.4. The average Bonchev–Trinajstić information content (AvgIpc) is 2.73. The van der Waals surface area contributed by atoms with E-state index < -0.39 is 6.36 Å². The second-order valence-electron chi connectivity index (χ2n) is 9.75. The van der Waals surface area contributed by atoms with Crippen molar-refractivity contribution in [2.24, 2.45) is 23.7 Å². The average molecular weight is 425 g/mol. The molecule has 0 heterocycles. The van der Waals surface area contributed by atoms with Gasteiger partial charge in [0.25, 0.3) is 0 Å². The third-order valence-corrected chi connectivity index (χ3v) is 7.69. The third-order valence-electron chi connectivity index (χ3n) is 7.69. The van der Waals surface area contributed by atoms with Crippen LogP contribution in [-0.4, -0.2) is 6.36 Å². The summed E-state index contributed by atoms with van der Waals surface area (Å²) < 4.78 is 42.1. The quantitative estimate of drug-likeness (QED) is 0.360. The predicted molar refractivity (Wildman–Crippen MR) is 116 cm³/mol. The molecule has 0 amide bonds. The number of unbranched alkanes of at least 4 members (excludes halogenated alkanes) is 2. The molecular formula is C26H39F3O. The number of benzene rings is 1. The zero-order valence-electron chi connectivity index (χ0n) is 18.6. The van der Waals surface area contributed by atoms with E-state index in [-0.39, 0.29) is 5.75 Å². The van der Waals surface area contributed by atoms with E-state index in [1.54, 1.807) is 18.2 Å². The van der Waals surface area contributed by atoms with Gasteiger partial charge in [0.2, 0.25) is 0 Å². The van der Waals surface area contributed by atoms with Gasteiger partial charge in [0.05, 0.1) is 0 Å². The minimum atomic E-state index is -4.62. The molecule has 3 rings (SSSR count). The van der Waals surface area contributed by atoms with Crippen molar-refractivity contribution in [3.05, 3.63) is 29.8 Å². The molecule has 4 heteroatoms. The molecule has 2 fully saturated rings. The van der Waals surface area contributed by atoms with Crippen molar-refractivity contribution in [2.45, 2.75) is 103 Å². The van der Waals surface area contributed by atoms with Crippen LogP contribution >= 0.6 is 0 Å². The largest absolute Gasteiger partial charge is 0.573 e. The van der Waals surface area contributed by atoms with Crippen molar-refractivity contribution < 1.29 is 17.9 Å². The van der Waals surface area contributed by atoms with Gasteiger partial charge in [-0.1, -0.05) is 76.5 Å². The van der Waals surface area contributed by atoms with Crippen molar-refractivity contribution >= 4 is 0 Å². The molecule has 0 N–H and O–H groups in total. The van der Waals surface area contributed by atoms with E-state index in [1.165, 1.54) is 83.1 Å². The molecule has 2 aliphatic carbocycles. The van der Waals surface area contributed by atoms with Gasteiger partial charge in [-0.25, -0.2) is 0 Å². The highest BCUT2D eigenvalue weighted by molar-refractivity contribution is 5.33. The van der Waals surface area contributed by atoms with E-state index in [4.69, 9.17) is 0 Å². The van der Waals surface area contributed by atoms with Gasteiger partial charge in [0, 0.05) is 0 Å². The molecule has 170 valence electrons. The molecule has 2 saturated carbocycles. The van der Waals surface area contributed by atoms with Gasteiger partial charge in [-0.15, -0.1) is 13.2 Å². The Hall–Kier alpha value is -1.19. The van der Waals surface area contributed by atoms with E-state index >= 15 is 0 Å². The van der Waals surface area contributed by atoms with E-state index in [0.717, 1.165) is 24.2 Å². The number of hydrogen-bond donors (Lipinski definition) is 0. The Kier molecular flexibility index (Phi) is 8.95. The lowest BCUT2D eigenvalue weighted by Gasteiger charge is -2.38. The molecule has 30 heavy (non-hydrogen) atoms. The molecule has 2 aliphatic rings. The molecule has 0 radical (unpaired) electrons. The fourth-order valence-corrected chi connectivity index (χ4v) is 5.87. The van der Waals surface area contributed by atoms with Crippen molar-refractivity contribution in [1.82, 2.24) is 0 Å². The van der Waals surface area contributed by atoms with Crippen LogP contribution < -0.4 is 4.74 Å². The molecule has 0 saturated heterocycles. The Morgan fingerprint density at radius 3 is 1.93 bits per heavy atom. The van der Waals surface area contributed by atoms with E-state index in [1.807, 2.05) is 0 Å². The van der Waals surface area contributed by atoms with Gasteiger partial charge >= 0.3 is 6.36 Å². The Balaban J connectivity index is 1.38. The van der Waals surface area contributed by atoms with Crippen molar-refractivity contribution in [1.29, 1.82) is 0 Å². The van der Waals surface area contributed by atoms with Gasteiger partial charge in [0.1, 0.15) is 5.75 Å². The standard InChI is InChI=1S/C26H39F3O/c1-2-3-4-7-20-10-15-22(16-11-20)23-17-12-21(13-18-23)14-19-24-8-5-6-9-25(24)30-26(27,28)29/h5-6,8-9,20-23H,2-4,7,10-19H2,1H3. The van der Waals surface area contributed by atoms with Crippen LogP contribution in [0, 0.1) is 23.7 Å². The summed E-state index contributed by atoms with van der Waals surface area (Å²) in [7, 11) is 0. The molecule has 0 bridgehead atoms. The summed E-state index contributed by atoms with van der Waals surface area (Å²) >= 11 is 0. The number of para-hydroxylation sites is 1. The second kappa shape index (κ2) is 11.4. The SMILES string of the molecule is CCCCCC1CCC(C2CCC(CCc3ccccc3OC(F)(F)F)CC2)CC1. The highest BCUT2D eigenvalue weighted by Gasteiger charge is 2.33. The van der Waals surface area contributed by atoms with Crippen molar-refractivity contribution in [3.8, 4) is 5.75 Å². The summed E-state index contributed by atoms with van der Waals surface area (Å²) in [5.41, 5.74) is 0.679. The molecule has 0 aromatic heterocycles. The predicted octanol–water partition coefficient (Wildman–Crippen LogP) is 8.71. The smallest absolute Gasteiger partial charge is 0.406 e. The number of hydrogen-bond acceptors (Lipinski definition) is 1. The van der Waals surface area contributed by atoms with Crippen molar-refractivity contribution in [3.63, 3.8) is 0 Å². The summed E-state index contributed by atoms with van der Waals surface area (Å²) in [4.78, 5) is 0. The Labute approximate surface area is 180 Å². The maximum Gasteiger partial charge on any atom is 0.573 e. The fourth-order valence-electron chi connectivity index (χ4n) is 5.87. The highest BCUT2D eigenvalue weighted by atomic mass is 19.4. The van der Waals surface area contributed by atoms with Gasteiger partial charge < -0.3 is 4.74 Å². The van der Waals surface area contributed by atoms with Crippen LogP contribution in [0.2, 0.25) is 0 Å². The highest BCUT2D eigenvalue weighted by Crippen LogP contribution is 2.43. The van der Waals surface area contributed by atoms with E-state index in [0.29, 0.717) is 17.9 Å². The van der Waals surface area contributed by atoms with E-state index in [9.17, 15) is 13.2 Å². The Bertz CT molecular complexity index is 611. The molecule has 0 atom stereocenters. The summed E-state index contributed by atoms with van der Waals surface area (Å²) in [5.74, 6) is 3.40. The monoisotopic (exact) mass is 424 g/mol. The molecule has 1 aromatic rings. The zero-order chi connectivity index (χ0) is 21.4. The molecule has 0 spiro atoms. The van der Waals surface area contributed by atoms with Crippen LogP contribution in [0.4, 0.5) is 13.2 Å². The van der Waals surface area contributed by atoms with Crippen LogP contribution in [0.3, 0.4) is 0 Å². The summed E-state index contributed by atoms with van der Waals surface area (Å²) in [6, 6.07) is 6.60. The minimum absolute atomic E-state index is 0.0330. The summed E-state index contributed by atoms with van der Waals surface area (Å²) in [6.45, 7) is 2.28. The van der Waals surface area contributed by atoms with Crippen LogP contribution in [0.1, 0.15) is 96.0 Å². The first kappa shape index (κ1) is 23.5. The zero-order valence-corrected chi connectivity index (χ0v) is 18.6. The lowest BCUT2D eigenvalue weighted by atomic mass is 9.68. The fraction of sp³-hybridized carbons (Fsp3) is 0.769. The first-order valence-corrected chi connectivity index (χ1v) is 12.3. The lowest BCUT2D eigenvalue weighted by Crippen LogP contribution is -2.26. The van der Waals surface area contributed by atoms with E-state index in [2.05, 4.69) is 11.7 Å². The molecule has 0 aliphatic heterocycles. The maximum absolute atomic E-state index is 12.6. The number of halogens is 3. The van der Waals surface area contributed by atoms with Crippen LogP contribution in [0.25, 0.3) is 0 Å². The number of alkyl halides is 3. The van der Waals surface area contributed by atoms with Crippen LogP contribution in [0.5, 0.6) is 5.75 Å². The number of aryl methyl sites for hydroxylation is 1. The molecule has 1 nitrogen and oxygen atoms in total. The minimum Gasteiger partial charge on any atom is -0.406 e. The van der Waals surface area contributed by atoms with Crippen LogP contribution in [0.15, 0.2) is 24.3 Å². The Morgan fingerprint density at radius 2 is 1.37 bits per heavy atom. The third kappa shape index (κ3) is 7.50. The lowest BCUT2D eigenvalue weighted by molar-refractivity contribution is -0.274.